The second kappa shape index (κ2) is 6.17. The summed E-state index contributed by atoms with van der Waals surface area (Å²) in [7, 11) is 0. The highest BCUT2D eigenvalue weighted by Gasteiger charge is 1.99. The third-order valence-corrected chi connectivity index (χ3v) is 1.16. The molecule has 0 aromatic carbocycles. The van der Waals surface area contributed by atoms with Crippen molar-refractivity contribution in [3.05, 3.63) is 25.0 Å². The molecule has 13 heavy (non-hydrogen) atoms. The summed E-state index contributed by atoms with van der Waals surface area (Å²) >= 11 is 0. The van der Waals surface area contributed by atoms with Crippen molar-refractivity contribution in [3.63, 3.8) is 0 Å². The standard InChI is InChI=1S/C10H16N2O/c1-6-10(9(5)13-7-2)12-11-8(3)4/h6H,1,5,7H2,2-4H3/b12-10-. The van der Waals surface area contributed by atoms with E-state index < -0.39 is 0 Å². The first-order valence-electron chi connectivity index (χ1n) is 4.15. The molecule has 0 fully saturated rings. The molecular formula is C10H16N2O. The largest absolute Gasteiger partial charge is 0.492 e. The van der Waals surface area contributed by atoms with Gasteiger partial charge in [0.2, 0.25) is 0 Å². The van der Waals surface area contributed by atoms with Crippen LogP contribution in [0.5, 0.6) is 0 Å². The van der Waals surface area contributed by atoms with E-state index in [1.165, 1.54) is 0 Å². The topological polar surface area (TPSA) is 34.0 Å². The Morgan fingerprint density at radius 2 is 2.00 bits per heavy atom. The van der Waals surface area contributed by atoms with E-state index in [0.29, 0.717) is 18.1 Å². The predicted molar refractivity (Wildman–Crippen MR) is 57.2 cm³/mol. The molecule has 72 valence electrons. The van der Waals surface area contributed by atoms with Crippen LogP contribution in [0.1, 0.15) is 20.8 Å². The Kier molecular flexibility index (Phi) is 5.52. The highest BCUT2D eigenvalue weighted by atomic mass is 16.5. The van der Waals surface area contributed by atoms with Crippen LogP contribution >= 0.6 is 0 Å². The van der Waals surface area contributed by atoms with E-state index >= 15 is 0 Å². The summed E-state index contributed by atoms with van der Waals surface area (Å²) in [5.74, 6) is 0.502. The maximum absolute atomic E-state index is 5.16. The van der Waals surface area contributed by atoms with Gasteiger partial charge in [0.05, 0.1) is 6.61 Å². The molecule has 3 heteroatoms. The number of rotatable bonds is 5. The number of allylic oxidation sites excluding steroid dienone is 1. The van der Waals surface area contributed by atoms with Gasteiger partial charge in [0, 0.05) is 5.71 Å². The monoisotopic (exact) mass is 180 g/mol. The van der Waals surface area contributed by atoms with Crippen LogP contribution in [0.25, 0.3) is 0 Å². The van der Waals surface area contributed by atoms with E-state index in [1.807, 2.05) is 20.8 Å². The van der Waals surface area contributed by atoms with Gasteiger partial charge in [-0.15, -0.1) is 5.10 Å². The Hall–Kier alpha value is -1.38. The molecule has 0 aliphatic rings. The fourth-order valence-corrected chi connectivity index (χ4v) is 0.612. The van der Waals surface area contributed by atoms with Gasteiger partial charge in [-0.25, -0.2) is 0 Å². The minimum atomic E-state index is 0.502. The van der Waals surface area contributed by atoms with Crippen molar-refractivity contribution in [1.82, 2.24) is 0 Å². The molecule has 0 unspecified atom stereocenters. The summed E-state index contributed by atoms with van der Waals surface area (Å²) in [5, 5.41) is 7.81. The number of nitrogens with zero attached hydrogens (tertiary/aromatic N) is 2. The summed E-state index contributed by atoms with van der Waals surface area (Å²) in [6.07, 6.45) is 1.57. The molecule has 0 radical (unpaired) electrons. The average molecular weight is 180 g/mol. The average Bonchev–Trinajstić information content (AvgIpc) is 2.05. The fraction of sp³-hybridized carbons (Fsp3) is 0.400. The van der Waals surface area contributed by atoms with Crippen molar-refractivity contribution in [3.8, 4) is 0 Å². The van der Waals surface area contributed by atoms with Gasteiger partial charge in [0.25, 0.3) is 0 Å². The fourth-order valence-electron chi connectivity index (χ4n) is 0.612. The van der Waals surface area contributed by atoms with Crippen LogP contribution in [-0.2, 0) is 4.74 Å². The Labute approximate surface area is 79.5 Å². The van der Waals surface area contributed by atoms with Crippen molar-refractivity contribution in [2.24, 2.45) is 10.2 Å². The van der Waals surface area contributed by atoms with Gasteiger partial charge < -0.3 is 4.74 Å². The lowest BCUT2D eigenvalue weighted by molar-refractivity contribution is 0.251. The van der Waals surface area contributed by atoms with Gasteiger partial charge in [0.15, 0.2) is 0 Å². The SMILES string of the molecule is C=C/C(=N/N=C(C)C)C(=C)OCC. The molecule has 0 atom stereocenters. The van der Waals surface area contributed by atoms with Crippen molar-refractivity contribution in [1.29, 1.82) is 0 Å². The van der Waals surface area contributed by atoms with Gasteiger partial charge in [-0.05, 0) is 26.8 Å². The highest BCUT2D eigenvalue weighted by molar-refractivity contribution is 6.06. The Morgan fingerprint density at radius 3 is 2.38 bits per heavy atom. The van der Waals surface area contributed by atoms with Crippen LogP contribution in [0.15, 0.2) is 35.2 Å². The lowest BCUT2D eigenvalue weighted by Crippen LogP contribution is -2.01. The molecule has 0 aliphatic carbocycles. The number of ether oxygens (including phenoxy) is 1. The van der Waals surface area contributed by atoms with Gasteiger partial charge >= 0.3 is 0 Å². The zero-order chi connectivity index (χ0) is 10.3. The minimum absolute atomic E-state index is 0.502. The molecule has 0 aromatic heterocycles. The second-order valence-electron chi connectivity index (χ2n) is 2.59. The molecule has 3 nitrogen and oxygen atoms in total. The first-order chi connectivity index (χ1) is 6.11. The first-order valence-corrected chi connectivity index (χ1v) is 4.15. The van der Waals surface area contributed by atoms with E-state index in [2.05, 4.69) is 23.4 Å². The van der Waals surface area contributed by atoms with Crippen molar-refractivity contribution >= 4 is 11.4 Å². The summed E-state index contributed by atoms with van der Waals surface area (Å²) in [6, 6.07) is 0. The summed E-state index contributed by atoms with van der Waals surface area (Å²) in [6.45, 7) is 13.5. The van der Waals surface area contributed by atoms with Crippen LogP contribution in [0.3, 0.4) is 0 Å². The number of hydrogen-bond acceptors (Lipinski definition) is 3. The highest BCUT2D eigenvalue weighted by Crippen LogP contribution is 1.99. The molecular weight excluding hydrogens is 164 g/mol. The van der Waals surface area contributed by atoms with Gasteiger partial charge in [-0.1, -0.05) is 13.2 Å². The van der Waals surface area contributed by atoms with Crippen molar-refractivity contribution < 1.29 is 4.74 Å². The van der Waals surface area contributed by atoms with Gasteiger partial charge in [-0.3, -0.25) is 0 Å². The molecule has 0 rings (SSSR count). The molecule has 0 spiro atoms. The van der Waals surface area contributed by atoms with E-state index in [4.69, 9.17) is 4.74 Å². The minimum Gasteiger partial charge on any atom is -0.492 e. The van der Waals surface area contributed by atoms with Crippen LogP contribution in [0, 0.1) is 0 Å². The second-order valence-corrected chi connectivity index (χ2v) is 2.59. The smallest absolute Gasteiger partial charge is 0.139 e. The third kappa shape index (κ3) is 4.95. The molecule has 0 saturated carbocycles. The quantitative estimate of drug-likeness (QED) is 0.363. The summed E-state index contributed by atoms with van der Waals surface area (Å²) in [5.41, 5.74) is 1.45. The van der Waals surface area contributed by atoms with E-state index in [0.717, 1.165) is 5.71 Å². The molecule has 0 amide bonds. The lowest BCUT2D eigenvalue weighted by Gasteiger charge is -2.04. The van der Waals surface area contributed by atoms with Gasteiger partial charge in [0.1, 0.15) is 11.5 Å². The third-order valence-electron chi connectivity index (χ3n) is 1.16. The predicted octanol–water partition coefficient (Wildman–Crippen LogP) is 2.56. The van der Waals surface area contributed by atoms with E-state index in [1.54, 1.807) is 6.08 Å². The molecule has 0 heterocycles. The maximum atomic E-state index is 5.16. The van der Waals surface area contributed by atoms with Crippen molar-refractivity contribution in [2.45, 2.75) is 20.8 Å². The Balaban J connectivity index is 4.50. The van der Waals surface area contributed by atoms with Crippen LogP contribution in [0.2, 0.25) is 0 Å². The lowest BCUT2D eigenvalue weighted by atomic mass is 10.3. The molecule has 0 saturated heterocycles. The van der Waals surface area contributed by atoms with Crippen LogP contribution in [-0.4, -0.2) is 18.0 Å². The summed E-state index contributed by atoms with van der Waals surface area (Å²) in [4.78, 5) is 0. The molecule has 0 bridgehead atoms. The normalized spacial score (nSPS) is 10.5. The van der Waals surface area contributed by atoms with Crippen molar-refractivity contribution in [2.75, 3.05) is 6.61 Å². The zero-order valence-electron chi connectivity index (χ0n) is 8.50. The van der Waals surface area contributed by atoms with E-state index in [9.17, 15) is 0 Å². The number of hydrogen-bond donors (Lipinski definition) is 0. The van der Waals surface area contributed by atoms with Crippen LogP contribution in [0.4, 0.5) is 0 Å². The van der Waals surface area contributed by atoms with Crippen LogP contribution < -0.4 is 0 Å². The van der Waals surface area contributed by atoms with E-state index in [-0.39, 0.29) is 0 Å². The Bertz CT molecular complexity index is 248. The molecule has 0 N–H and O–H groups in total. The Morgan fingerprint density at radius 1 is 1.38 bits per heavy atom. The maximum Gasteiger partial charge on any atom is 0.139 e. The summed E-state index contributed by atoms with van der Waals surface area (Å²) < 4.78 is 5.16. The zero-order valence-corrected chi connectivity index (χ0v) is 8.50. The van der Waals surface area contributed by atoms with Gasteiger partial charge in [-0.2, -0.15) is 5.10 Å². The first kappa shape index (κ1) is 11.6. The molecule has 0 aromatic rings. The molecule has 0 aliphatic heterocycles.